The van der Waals surface area contributed by atoms with E-state index >= 15 is 0 Å². The smallest absolute Gasteiger partial charge is 0.333 e. The summed E-state index contributed by atoms with van der Waals surface area (Å²) in [5.41, 5.74) is 1.15. The molecule has 6 heteroatoms. The Morgan fingerprint density at radius 2 is 2.19 bits per heavy atom. The van der Waals surface area contributed by atoms with Crippen molar-refractivity contribution in [3.63, 3.8) is 0 Å². The van der Waals surface area contributed by atoms with Gasteiger partial charge in [-0.1, -0.05) is 19.9 Å². The summed E-state index contributed by atoms with van der Waals surface area (Å²) in [5, 5.41) is 4.14. The van der Waals surface area contributed by atoms with E-state index in [1.54, 1.807) is 18.3 Å². The highest BCUT2D eigenvalue weighted by molar-refractivity contribution is 5.88. The molecule has 1 rings (SSSR count). The van der Waals surface area contributed by atoms with Gasteiger partial charge in [0.2, 0.25) is 0 Å². The molecule has 0 spiro atoms. The molecule has 116 valence electrons. The molecule has 0 amide bonds. The Morgan fingerprint density at radius 3 is 2.71 bits per heavy atom. The molecule has 1 aromatic heterocycles. The summed E-state index contributed by atoms with van der Waals surface area (Å²) in [7, 11) is 3.27. The molecule has 0 radical (unpaired) electrons. The van der Waals surface area contributed by atoms with Gasteiger partial charge in [-0.15, -0.1) is 0 Å². The lowest BCUT2D eigenvalue weighted by Crippen LogP contribution is -2.26. The summed E-state index contributed by atoms with van der Waals surface area (Å²) >= 11 is 0. The fourth-order valence-electron chi connectivity index (χ4n) is 1.93. The molecule has 21 heavy (non-hydrogen) atoms. The van der Waals surface area contributed by atoms with E-state index in [9.17, 15) is 9.59 Å². The molecular weight excluding hydrogens is 270 g/mol. The average Bonchev–Trinajstić information content (AvgIpc) is 2.48. The number of hydrogen-bond acceptors (Lipinski definition) is 5. The zero-order chi connectivity index (χ0) is 15.8. The van der Waals surface area contributed by atoms with Crippen LogP contribution in [0.3, 0.4) is 0 Å². The molecule has 0 aromatic carbocycles. The van der Waals surface area contributed by atoms with Crippen molar-refractivity contribution in [3.05, 3.63) is 34.3 Å². The maximum absolute atomic E-state index is 12.0. The van der Waals surface area contributed by atoms with Crippen LogP contribution in [0.4, 0.5) is 5.69 Å². The predicted octanol–water partition coefficient (Wildman–Crippen LogP) is 1.60. The van der Waals surface area contributed by atoms with Crippen molar-refractivity contribution in [2.24, 2.45) is 0 Å². The lowest BCUT2D eigenvalue weighted by Gasteiger charge is -2.17. The predicted molar refractivity (Wildman–Crippen MR) is 82.4 cm³/mol. The third-order valence-corrected chi connectivity index (χ3v) is 3.19. The molecule has 1 aromatic rings. The quantitative estimate of drug-likeness (QED) is 0.564. The number of ether oxygens (including phenoxy) is 1. The van der Waals surface area contributed by atoms with Gasteiger partial charge in [-0.25, -0.2) is 9.48 Å². The van der Waals surface area contributed by atoms with Gasteiger partial charge in [-0.05, 0) is 12.8 Å². The van der Waals surface area contributed by atoms with E-state index in [1.807, 2.05) is 18.9 Å². The van der Waals surface area contributed by atoms with Gasteiger partial charge < -0.3 is 9.64 Å². The molecular formula is C15H23N3O3. The minimum Gasteiger partial charge on any atom is -0.466 e. The fraction of sp³-hybridized carbons (Fsp3) is 0.533. The first-order valence-electron chi connectivity index (χ1n) is 7.09. The molecule has 0 fully saturated rings. The number of carbonyl (C=O) groups is 1. The van der Waals surface area contributed by atoms with Gasteiger partial charge in [0.1, 0.15) is 0 Å². The molecule has 0 aliphatic carbocycles. The number of allylic oxidation sites excluding steroid dienone is 1. The largest absolute Gasteiger partial charge is 0.466 e. The zero-order valence-corrected chi connectivity index (χ0v) is 13.1. The van der Waals surface area contributed by atoms with E-state index in [0.29, 0.717) is 12.0 Å². The Kier molecular flexibility index (Phi) is 6.65. The molecule has 0 aliphatic heterocycles. The number of anilines is 1. The van der Waals surface area contributed by atoms with Gasteiger partial charge in [-0.3, -0.25) is 4.79 Å². The van der Waals surface area contributed by atoms with Crippen molar-refractivity contribution < 1.29 is 9.53 Å². The molecule has 0 atom stereocenters. The summed E-state index contributed by atoms with van der Waals surface area (Å²) in [5.74, 6) is -0.371. The van der Waals surface area contributed by atoms with E-state index in [-0.39, 0.29) is 18.1 Å². The third-order valence-electron chi connectivity index (χ3n) is 3.19. The van der Waals surface area contributed by atoms with Crippen LogP contribution in [0.15, 0.2) is 28.7 Å². The molecule has 0 unspecified atom stereocenters. The normalized spacial score (nSPS) is 11.3. The van der Waals surface area contributed by atoms with Crippen molar-refractivity contribution in [3.8, 4) is 0 Å². The van der Waals surface area contributed by atoms with Crippen LogP contribution in [-0.2, 0) is 16.1 Å². The van der Waals surface area contributed by atoms with Crippen LogP contribution in [0.5, 0.6) is 0 Å². The molecule has 0 bridgehead atoms. The standard InChI is InChI=1S/C15H23N3O3/c1-5-8-17(3)13-10-14(19)18(16-11-13)9-7-12(6-2)15(20)21-4/h7,10-11H,5-6,8-9H2,1-4H3/b12-7-. The maximum atomic E-state index is 12.0. The molecule has 6 nitrogen and oxygen atoms in total. The number of hydrogen-bond donors (Lipinski definition) is 0. The van der Waals surface area contributed by atoms with Gasteiger partial charge in [0.15, 0.2) is 0 Å². The Bertz CT molecular complexity index is 564. The van der Waals surface area contributed by atoms with Gasteiger partial charge in [0.05, 0.1) is 25.5 Å². The number of methoxy groups -OCH3 is 1. The van der Waals surface area contributed by atoms with E-state index < -0.39 is 0 Å². The van der Waals surface area contributed by atoms with Crippen LogP contribution in [0.25, 0.3) is 0 Å². The second kappa shape index (κ2) is 8.24. The minimum absolute atomic E-state index is 0.188. The summed E-state index contributed by atoms with van der Waals surface area (Å²) in [4.78, 5) is 25.5. The summed E-state index contributed by atoms with van der Waals surface area (Å²) in [6, 6.07) is 1.56. The Labute approximate surface area is 125 Å². The first kappa shape index (κ1) is 16.9. The number of carbonyl (C=O) groups excluding carboxylic acids is 1. The molecule has 0 saturated heterocycles. The molecule has 0 saturated carbocycles. The van der Waals surface area contributed by atoms with Crippen LogP contribution in [-0.4, -0.2) is 36.5 Å². The van der Waals surface area contributed by atoms with Crippen molar-refractivity contribution >= 4 is 11.7 Å². The number of aromatic nitrogens is 2. The highest BCUT2D eigenvalue weighted by Crippen LogP contribution is 2.07. The Hall–Kier alpha value is -2.11. The van der Waals surface area contributed by atoms with Gasteiger partial charge in [0.25, 0.3) is 5.56 Å². The Balaban J connectivity index is 2.89. The second-order valence-electron chi connectivity index (χ2n) is 4.73. The van der Waals surface area contributed by atoms with E-state index in [0.717, 1.165) is 18.7 Å². The topological polar surface area (TPSA) is 64.4 Å². The van der Waals surface area contributed by atoms with Crippen molar-refractivity contribution in [2.45, 2.75) is 33.2 Å². The first-order valence-corrected chi connectivity index (χ1v) is 7.09. The zero-order valence-electron chi connectivity index (χ0n) is 13.1. The van der Waals surface area contributed by atoms with Gasteiger partial charge in [0, 0.05) is 25.2 Å². The molecule has 0 aliphatic rings. The average molecular weight is 293 g/mol. The van der Waals surface area contributed by atoms with Crippen molar-refractivity contribution in [1.29, 1.82) is 0 Å². The fourth-order valence-corrected chi connectivity index (χ4v) is 1.93. The summed E-state index contributed by atoms with van der Waals surface area (Å²) in [6.07, 6.45) is 4.89. The van der Waals surface area contributed by atoms with Crippen LogP contribution in [0.2, 0.25) is 0 Å². The van der Waals surface area contributed by atoms with Crippen LogP contribution in [0, 0.1) is 0 Å². The van der Waals surface area contributed by atoms with E-state index in [4.69, 9.17) is 0 Å². The van der Waals surface area contributed by atoms with E-state index in [2.05, 4.69) is 16.8 Å². The first-order chi connectivity index (χ1) is 10.0. The summed E-state index contributed by atoms with van der Waals surface area (Å²) < 4.78 is 6.00. The monoisotopic (exact) mass is 293 g/mol. The van der Waals surface area contributed by atoms with E-state index in [1.165, 1.54) is 11.8 Å². The van der Waals surface area contributed by atoms with Crippen LogP contribution < -0.4 is 10.5 Å². The maximum Gasteiger partial charge on any atom is 0.333 e. The summed E-state index contributed by atoms with van der Waals surface area (Å²) in [6.45, 7) is 5.07. The lowest BCUT2D eigenvalue weighted by molar-refractivity contribution is -0.136. The molecule has 0 N–H and O–H groups in total. The van der Waals surface area contributed by atoms with Gasteiger partial charge >= 0.3 is 5.97 Å². The van der Waals surface area contributed by atoms with Crippen molar-refractivity contribution in [1.82, 2.24) is 9.78 Å². The third kappa shape index (κ3) is 4.73. The Morgan fingerprint density at radius 1 is 1.48 bits per heavy atom. The van der Waals surface area contributed by atoms with Crippen molar-refractivity contribution in [2.75, 3.05) is 25.6 Å². The lowest BCUT2D eigenvalue weighted by atomic mass is 10.2. The number of nitrogens with zero attached hydrogens (tertiary/aromatic N) is 3. The second-order valence-corrected chi connectivity index (χ2v) is 4.73. The highest BCUT2D eigenvalue weighted by atomic mass is 16.5. The van der Waals surface area contributed by atoms with Crippen LogP contribution >= 0.6 is 0 Å². The minimum atomic E-state index is -0.371. The SMILES string of the molecule is CCCN(C)c1cnn(C/C=C(/CC)C(=O)OC)c(=O)c1. The van der Waals surface area contributed by atoms with Gasteiger partial charge in [-0.2, -0.15) is 5.10 Å². The number of rotatable bonds is 7. The number of esters is 1. The highest BCUT2D eigenvalue weighted by Gasteiger charge is 2.07. The van der Waals surface area contributed by atoms with Crippen LogP contribution in [0.1, 0.15) is 26.7 Å². The molecule has 1 heterocycles.